The summed E-state index contributed by atoms with van der Waals surface area (Å²) < 4.78 is 42.6. The van der Waals surface area contributed by atoms with E-state index < -0.39 is 21.8 Å². The van der Waals surface area contributed by atoms with Crippen LogP contribution in [-0.2, 0) is 21.4 Å². The van der Waals surface area contributed by atoms with Gasteiger partial charge in [0.1, 0.15) is 0 Å². The average Bonchev–Trinajstić information content (AvgIpc) is 3.36. The molecule has 1 fully saturated rings. The Kier molecular flexibility index (Phi) is 7.77. The van der Waals surface area contributed by atoms with Crippen LogP contribution in [0.2, 0.25) is 0 Å². The number of benzene rings is 2. The lowest BCUT2D eigenvalue weighted by Gasteiger charge is -2.16. The van der Waals surface area contributed by atoms with Crippen molar-refractivity contribution in [2.75, 3.05) is 33.9 Å². The number of nitrogens with two attached hydrogens (primary N) is 1. The molecule has 2 aromatic carbocycles. The monoisotopic (exact) mass is 477 g/mol. The van der Waals surface area contributed by atoms with Gasteiger partial charge in [0, 0.05) is 25.2 Å². The highest BCUT2D eigenvalue weighted by molar-refractivity contribution is 7.89. The van der Waals surface area contributed by atoms with Crippen molar-refractivity contribution in [2.45, 2.75) is 24.3 Å². The molecule has 3 rings (SSSR count). The van der Waals surface area contributed by atoms with Crippen LogP contribution in [0.15, 0.2) is 41.3 Å². The lowest BCUT2D eigenvalue weighted by Crippen LogP contribution is -2.28. The zero-order chi connectivity index (χ0) is 24.0. The van der Waals surface area contributed by atoms with Crippen LogP contribution in [0.5, 0.6) is 17.2 Å². The molecule has 0 radical (unpaired) electrons. The molecule has 178 valence electrons. The van der Waals surface area contributed by atoms with Crippen molar-refractivity contribution < 1.29 is 32.2 Å². The van der Waals surface area contributed by atoms with Gasteiger partial charge in [0.05, 0.1) is 19.1 Å². The molecule has 0 aromatic heterocycles. The molecule has 0 aliphatic carbocycles. The van der Waals surface area contributed by atoms with E-state index in [0.29, 0.717) is 13.1 Å². The van der Waals surface area contributed by atoms with Crippen molar-refractivity contribution in [3.8, 4) is 17.2 Å². The number of rotatable bonds is 10. The Bertz CT molecular complexity index is 1090. The highest BCUT2D eigenvalue weighted by atomic mass is 32.2. The van der Waals surface area contributed by atoms with E-state index in [1.54, 1.807) is 24.3 Å². The summed E-state index contributed by atoms with van der Waals surface area (Å²) in [5.74, 6) is -0.499. The highest BCUT2D eigenvalue weighted by Gasteiger charge is 2.27. The number of carbonyl (C=O) groups excluding carboxylic acids is 2. The fourth-order valence-corrected chi connectivity index (χ4v) is 4.95. The van der Waals surface area contributed by atoms with E-state index >= 15 is 0 Å². The topological polar surface area (TPSA) is 137 Å². The van der Waals surface area contributed by atoms with E-state index in [1.807, 2.05) is 0 Å². The summed E-state index contributed by atoms with van der Waals surface area (Å²) in [6.45, 7) is 0.897. The van der Waals surface area contributed by atoms with Crippen LogP contribution in [0, 0.1) is 0 Å². The van der Waals surface area contributed by atoms with Crippen molar-refractivity contribution in [3.05, 3.63) is 47.5 Å². The van der Waals surface area contributed by atoms with E-state index in [4.69, 9.17) is 19.9 Å². The summed E-state index contributed by atoms with van der Waals surface area (Å²) in [5, 5.41) is 2.78. The molecule has 0 saturated carbocycles. The first-order valence-corrected chi connectivity index (χ1v) is 11.7. The third-order valence-corrected chi connectivity index (χ3v) is 7.07. The van der Waals surface area contributed by atoms with Gasteiger partial charge < -0.3 is 25.3 Å². The SMILES string of the molecule is COc1cc(C(=O)NCc2ccc(S(=O)(=O)N3CCCC3)cc2)cc(OC)c1OCC(N)=O. The normalized spacial score (nSPS) is 14.0. The largest absolute Gasteiger partial charge is 0.493 e. The number of nitrogens with zero attached hydrogens (tertiary/aromatic N) is 1. The molecule has 1 aliphatic rings. The number of nitrogens with one attached hydrogen (secondary N) is 1. The highest BCUT2D eigenvalue weighted by Crippen LogP contribution is 2.38. The van der Waals surface area contributed by atoms with Crippen LogP contribution in [0.1, 0.15) is 28.8 Å². The Morgan fingerprint density at radius 1 is 1.03 bits per heavy atom. The second-order valence-corrected chi connectivity index (χ2v) is 9.34. The molecule has 0 spiro atoms. The van der Waals surface area contributed by atoms with Crippen molar-refractivity contribution in [1.29, 1.82) is 0 Å². The Hall–Kier alpha value is -3.31. The Labute approximate surface area is 192 Å². The fraction of sp³-hybridized carbons (Fsp3) is 0.364. The molecule has 3 N–H and O–H groups in total. The predicted octanol–water partition coefficient (Wildman–Crippen LogP) is 1.28. The van der Waals surface area contributed by atoms with Gasteiger partial charge in [0.15, 0.2) is 18.1 Å². The molecular weight excluding hydrogens is 450 g/mol. The second-order valence-electron chi connectivity index (χ2n) is 7.40. The molecule has 0 unspecified atom stereocenters. The first-order valence-electron chi connectivity index (χ1n) is 10.3. The van der Waals surface area contributed by atoms with Gasteiger partial charge in [-0.25, -0.2) is 8.42 Å². The van der Waals surface area contributed by atoms with E-state index in [-0.39, 0.29) is 40.9 Å². The smallest absolute Gasteiger partial charge is 0.255 e. The molecule has 1 aliphatic heterocycles. The van der Waals surface area contributed by atoms with Gasteiger partial charge in [-0.3, -0.25) is 9.59 Å². The predicted molar refractivity (Wildman–Crippen MR) is 120 cm³/mol. The first kappa shape index (κ1) is 24.3. The zero-order valence-electron chi connectivity index (χ0n) is 18.5. The van der Waals surface area contributed by atoms with Crippen molar-refractivity contribution in [2.24, 2.45) is 5.73 Å². The van der Waals surface area contributed by atoms with E-state index in [9.17, 15) is 18.0 Å². The van der Waals surface area contributed by atoms with Crippen LogP contribution < -0.4 is 25.3 Å². The molecule has 2 aromatic rings. The summed E-state index contributed by atoms with van der Waals surface area (Å²) in [6, 6.07) is 9.36. The number of amides is 2. The van der Waals surface area contributed by atoms with Crippen LogP contribution in [-0.4, -0.2) is 58.5 Å². The van der Waals surface area contributed by atoms with Crippen molar-refractivity contribution in [1.82, 2.24) is 9.62 Å². The maximum absolute atomic E-state index is 12.7. The number of ether oxygens (including phenoxy) is 3. The Balaban J connectivity index is 1.69. The number of sulfonamides is 1. The third-order valence-electron chi connectivity index (χ3n) is 5.16. The summed E-state index contributed by atoms with van der Waals surface area (Å²) in [5.41, 5.74) is 6.11. The minimum atomic E-state index is -3.48. The van der Waals surface area contributed by atoms with Crippen LogP contribution in [0.3, 0.4) is 0 Å². The van der Waals surface area contributed by atoms with Gasteiger partial charge in [0.25, 0.3) is 11.8 Å². The lowest BCUT2D eigenvalue weighted by atomic mass is 10.1. The number of hydrogen-bond acceptors (Lipinski definition) is 7. The standard InChI is InChI=1S/C22H27N3O7S/c1-30-18-11-16(12-19(31-2)21(18)32-14-20(23)26)22(27)24-13-15-5-7-17(8-6-15)33(28,29)25-9-3-4-10-25/h5-8,11-12H,3-4,9-10,13-14H2,1-2H3,(H2,23,26)(H,24,27). The van der Waals surface area contributed by atoms with Gasteiger partial charge in [-0.15, -0.1) is 0 Å². The number of methoxy groups -OCH3 is 2. The molecular formula is C22H27N3O7S. The molecule has 2 amide bonds. The molecule has 1 heterocycles. The Morgan fingerprint density at radius 3 is 2.12 bits per heavy atom. The quantitative estimate of drug-likeness (QED) is 0.526. The fourth-order valence-electron chi connectivity index (χ4n) is 3.44. The molecule has 10 nitrogen and oxygen atoms in total. The average molecular weight is 478 g/mol. The second kappa shape index (κ2) is 10.5. The number of hydrogen-bond donors (Lipinski definition) is 2. The minimum absolute atomic E-state index is 0.158. The van der Waals surface area contributed by atoms with Crippen LogP contribution in [0.25, 0.3) is 0 Å². The lowest BCUT2D eigenvalue weighted by molar-refractivity contribution is -0.120. The van der Waals surface area contributed by atoms with Gasteiger partial charge in [0.2, 0.25) is 15.8 Å². The summed E-state index contributed by atoms with van der Waals surface area (Å²) in [4.78, 5) is 24.0. The van der Waals surface area contributed by atoms with Crippen molar-refractivity contribution in [3.63, 3.8) is 0 Å². The van der Waals surface area contributed by atoms with E-state index in [1.165, 1.54) is 30.7 Å². The van der Waals surface area contributed by atoms with E-state index in [0.717, 1.165) is 18.4 Å². The molecule has 0 atom stereocenters. The van der Waals surface area contributed by atoms with Gasteiger partial charge in [-0.1, -0.05) is 12.1 Å². The Morgan fingerprint density at radius 2 is 1.61 bits per heavy atom. The third kappa shape index (κ3) is 5.74. The zero-order valence-corrected chi connectivity index (χ0v) is 19.3. The molecule has 0 bridgehead atoms. The molecule has 33 heavy (non-hydrogen) atoms. The van der Waals surface area contributed by atoms with Crippen molar-refractivity contribution >= 4 is 21.8 Å². The molecule has 1 saturated heterocycles. The maximum atomic E-state index is 12.7. The van der Waals surface area contributed by atoms with Gasteiger partial charge in [-0.2, -0.15) is 4.31 Å². The van der Waals surface area contributed by atoms with Gasteiger partial charge >= 0.3 is 0 Å². The molecule has 11 heteroatoms. The number of carbonyl (C=O) groups is 2. The van der Waals surface area contributed by atoms with Crippen LogP contribution >= 0.6 is 0 Å². The first-order chi connectivity index (χ1) is 15.8. The summed E-state index contributed by atoms with van der Waals surface area (Å²) in [6.07, 6.45) is 1.74. The maximum Gasteiger partial charge on any atom is 0.255 e. The van der Waals surface area contributed by atoms with E-state index in [2.05, 4.69) is 5.32 Å². The minimum Gasteiger partial charge on any atom is -0.493 e. The summed E-state index contributed by atoms with van der Waals surface area (Å²) >= 11 is 0. The number of primary amides is 1. The van der Waals surface area contributed by atoms with Gasteiger partial charge in [-0.05, 0) is 42.7 Å². The summed E-state index contributed by atoms with van der Waals surface area (Å²) in [7, 11) is -0.694. The van der Waals surface area contributed by atoms with Crippen LogP contribution in [0.4, 0.5) is 0 Å².